The summed E-state index contributed by atoms with van der Waals surface area (Å²) in [7, 11) is 0. The molecular formula is C27H18N8. The molecule has 8 nitrogen and oxygen atoms in total. The molecule has 2 N–H and O–H groups in total. The molecule has 7 rings (SSSR count). The molecule has 8 heteroatoms. The summed E-state index contributed by atoms with van der Waals surface area (Å²) in [4.78, 5) is 0. The molecule has 1 aliphatic rings. The minimum Gasteiger partial charge on any atom is -0.177 e. The summed E-state index contributed by atoms with van der Waals surface area (Å²) < 4.78 is 0. The highest BCUT2D eigenvalue weighted by Crippen LogP contribution is 2.56. The molecule has 0 bridgehead atoms. The van der Waals surface area contributed by atoms with E-state index >= 15 is 0 Å². The van der Waals surface area contributed by atoms with Crippen molar-refractivity contribution in [3.63, 3.8) is 0 Å². The normalized spacial score (nSPS) is 13.4. The summed E-state index contributed by atoms with van der Waals surface area (Å²) in [6.45, 7) is 0. The number of aromatic nitrogens is 8. The first kappa shape index (κ1) is 19.5. The van der Waals surface area contributed by atoms with E-state index in [0.29, 0.717) is 11.6 Å². The number of hydrogen-bond acceptors (Lipinski definition) is 6. The Labute approximate surface area is 200 Å². The van der Waals surface area contributed by atoms with Crippen LogP contribution in [0, 0.1) is 0 Å². The Morgan fingerprint density at radius 2 is 0.914 bits per heavy atom. The molecule has 4 aromatic carbocycles. The van der Waals surface area contributed by atoms with Crippen LogP contribution in [-0.4, -0.2) is 41.2 Å². The Balaban J connectivity index is 1.49. The number of H-pyrrole nitrogens is 2. The molecule has 0 saturated carbocycles. The minimum absolute atomic E-state index is 0.487. The number of nitrogens with zero attached hydrogens (tertiary/aromatic N) is 6. The van der Waals surface area contributed by atoms with Gasteiger partial charge in [-0.05, 0) is 43.8 Å². The van der Waals surface area contributed by atoms with Crippen molar-refractivity contribution in [1.29, 1.82) is 0 Å². The predicted molar refractivity (Wildman–Crippen MR) is 130 cm³/mol. The third-order valence-electron chi connectivity index (χ3n) is 6.80. The van der Waals surface area contributed by atoms with Crippen molar-refractivity contribution in [2.75, 3.05) is 0 Å². The lowest BCUT2D eigenvalue weighted by Gasteiger charge is -2.34. The molecule has 0 radical (unpaired) electrons. The Kier molecular flexibility index (Phi) is 4.19. The predicted octanol–water partition coefficient (Wildman–Crippen LogP) is 4.41. The summed E-state index contributed by atoms with van der Waals surface area (Å²) in [6.07, 6.45) is 0. The highest BCUT2D eigenvalue weighted by molar-refractivity contribution is 5.86. The molecule has 0 unspecified atom stereocenters. The molecule has 0 spiro atoms. The first-order valence-electron chi connectivity index (χ1n) is 11.2. The fourth-order valence-corrected chi connectivity index (χ4v) is 5.33. The lowest BCUT2D eigenvalue weighted by molar-refractivity contribution is 0.768. The lowest BCUT2D eigenvalue weighted by Crippen LogP contribution is -2.28. The van der Waals surface area contributed by atoms with Gasteiger partial charge in [0.2, 0.25) is 11.6 Å². The van der Waals surface area contributed by atoms with Crippen LogP contribution in [0.1, 0.15) is 22.3 Å². The fourth-order valence-electron chi connectivity index (χ4n) is 5.33. The average Bonchev–Trinajstić information content (AvgIpc) is 3.70. The van der Waals surface area contributed by atoms with Gasteiger partial charge in [0, 0.05) is 11.1 Å². The van der Waals surface area contributed by atoms with Gasteiger partial charge in [-0.15, -0.1) is 20.4 Å². The van der Waals surface area contributed by atoms with E-state index in [0.717, 1.165) is 22.3 Å². The molecule has 0 fully saturated rings. The van der Waals surface area contributed by atoms with Crippen molar-refractivity contribution in [2.45, 2.75) is 5.41 Å². The smallest absolute Gasteiger partial charge is 0.177 e. The molecule has 0 aliphatic heterocycles. The Morgan fingerprint density at radius 1 is 0.486 bits per heavy atom. The Morgan fingerprint density at radius 3 is 1.31 bits per heavy atom. The van der Waals surface area contributed by atoms with Crippen molar-refractivity contribution < 1.29 is 0 Å². The second-order valence-electron chi connectivity index (χ2n) is 8.47. The largest absolute Gasteiger partial charge is 0.204 e. The number of aromatic amines is 2. The first-order chi connectivity index (χ1) is 17.4. The maximum absolute atomic E-state index is 4.13. The number of rotatable bonds is 4. The van der Waals surface area contributed by atoms with E-state index < -0.39 is 5.41 Å². The van der Waals surface area contributed by atoms with Gasteiger partial charge in [-0.3, -0.25) is 0 Å². The van der Waals surface area contributed by atoms with Gasteiger partial charge in [0.25, 0.3) is 0 Å². The van der Waals surface area contributed by atoms with Crippen molar-refractivity contribution in [2.24, 2.45) is 0 Å². The number of nitrogens with one attached hydrogen (secondary N) is 2. The van der Waals surface area contributed by atoms with Crippen LogP contribution in [0.2, 0.25) is 0 Å². The van der Waals surface area contributed by atoms with E-state index in [1.807, 2.05) is 0 Å². The van der Waals surface area contributed by atoms with Crippen molar-refractivity contribution in [1.82, 2.24) is 41.2 Å². The average molecular weight is 454 g/mol. The minimum atomic E-state index is -0.487. The van der Waals surface area contributed by atoms with Crippen LogP contribution in [-0.2, 0) is 5.41 Å². The summed E-state index contributed by atoms with van der Waals surface area (Å²) in [6, 6.07) is 34.2. The van der Waals surface area contributed by atoms with Gasteiger partial charge in [0.1, 0.15) is 0 Å². The molecule has 166 valence electrons. The lowest BCUT2D eigenvalue weighted by atomic mass is 9.67. The number of hydrogen-bond donors (Lipinski definition) is 2. The maximum atomic E-state index is 4.13. The van der Waals surface area contributed by atoms with Crippen LogP contribution in [0.4, 0.5) is 0 Å². The van der Waals surface area contributed by atoms with E-state index in [9.17, 15) is 0 Å². The van der Waals surface area contributed by atoms with Crippen molar-refractivity contribution in [3.05, 3.63) is 119 Å². The van der Waals surface area contributed by atoms with Crippen LogP contribution in [0.5, 0.6) is 0 Å². The maximum Gasteiger partial charge on any atom is 0.204 e. The molecule has 2 aromatic heterocycles. The van der Waals surface area contributed by atoms with Crippen molar-refractivity contribution in [3.8, 4) is 33.9 Å². The summed E-state index contributed by atoms with van der Waals surface area (Å²) >= 11 is 0. The van der Waals surface area contributed by atoms with E-state index in [1.54, 1.807) is 0 Å². The van der Waals surface area contributed by atoms with Gasteiger partial charge in [-0.25, -0.2) is 0 Å². The second-order valence-corrected chi connectivity index (χ2v) is 8.47. The van der Waals surface area contributed by atoms with E-state index in [1.165, 1.54) is 22.3 Å². The van der Waals surface area contributed by atoms with Crippen molar-refractivity contribution >= 4 is 0 Å². The van der Waals surface area contributed by atoms with E-state index in [-0.39, 0.29) is 0 Å². The summed E-state index contributed by atoms with van der Waals surface area (Å²) in [5.41, 5.74) is 8.64. The van der Waals surface area contributed by atoms with Crippen LogP contribution in [0.25, 0.3) is 33.9 Å². The van der Waals surface area contributed by atoms with E-state index in [4.69, 9.17) is 0 Å². The third kappa shape index (κ3) is 2.80. The van der Waals surface area contributed by atoms with Crippen LogP contribution in [0.3, 0.4) is 0 Å². The topological polar surface area (TPSA) is 109 Å². The van der Waals surface area contributed by atoms with Crippen LogP contribution in [0.15, 0.2) is 97.1 Å². The van der Waals surface area contributed by atoms with Gasteiger partial charge in [0.15, 0.2) is 0 Å². The number of fused-ring (bicyclic) bond motifs is 3. The zero-order chi connectivity index (χ0) is 23.2. The molecule has 1 aliphatic carbocycles. The van der Waals surface area contributed by atoms with E-state index in [2.05, 4.69) is 138 Å². The molecule has 0 atom stereocenters. The summed E-state index contributed by atoms with van der Waals surface area (Å²) in [5, 5.41) is 29.0. The Hall–Kier alpha value is -4.98. The fraction of sp³-hybridized carbons (Fsp3) is 0.0370. The van der Waals surface area contributed by atoms with Gasteiger partial charge in [-0.1, -0.05) is 97.1 Å². The Bertz CT molecular complexity index is 1500. The number of benzene rings is 4. The van der Waals surface area contributed by atoms with Gasteiger partial charge in [-0.2, -0.15) is 10.4 Å². The highest BCUT2D eigenvalue weighted by Gasteiger charge is 2.45. The molecule has 0 amide bonds. The van der Waals surface area contributed by atoms with Gasteiger partial charge in [0.05, 0.1) is 5.41 Å². The standard InChI is InChI=1S/C27H18N8/c1-3-7-23-21(5-1)22-6-2-4-8-24(22)27(23,19-13-9-17(10-14-19)25-28-32-33-29-25)20-15-11-18(12-16-20)26-30-34-35-31-26/h1-16H,(H,28,29,32,33)(H,30,31,34,35). The summed E-state index contributed by atoms with van der Waals surface area (Å²) in [5.74, 6) is 1.14. The third-order valence-corrected chi connectivity index (χ3v) is 6.80. The zero-order valence-electron chi connectivity index (χ0n) is 18.4. The zero-order valence-corrected chi connectivity index (χ0v) is 18.4. The molecular weight excluding hydrogens is 436 g/mol. The van der Waals surface area contributed by atoms with Gasteiger partial charge >= 0.3 is 0 Å². The van der Waals surface area contributed by atoms with Gasteiger partial charge < -0.3 is 0 Å². The second kappa shape index (κ2) is 7.53. The first-order valence-corrected chi connectivity index (χ1v) is 11.2. The molecule has 0 saturated heterocycles. The number of tetrazole rings is 2. The monoisotopic (exact) mass is 454 g/mol. The SMILES string of the molecule is c1ccc2c(c1)-c1ccccc1C2(c1ccc(-c2nn[nH]n2)cc1)c1ccc(-c2nn[nH]n2)cc1. The van der Waals surface area contributed by atoms with Crippen LogP contribution < -0.4 is 0 Å². The molecule has 35 heavy (non-hydrogen) atoms. The highest BCUT2D eigenvalue weighted by atomic mass is 15.5. The molecule has 2 heterocycles. The van der Waals surface area contributed by atoms with Crippen LogP contribution >= 0.6 is 0 Å². The quantitative estimate of drug-likeness (QED) is 0.408. The molecule has 6 aromatic rings.